The molecule has 0 aromatic heterocycles. The summed E-state index contributed by atoms with van der Waals surface area (Å²) >= 11 is 6.48. The number of ether oxygens (including phenoxy) is 2. The molecule has 1 heterocycles. The Morgan fingerprint density at radius 3 is 2.30 bits per heavy atom. The average molecular weight is 433 g/mol. The minimum Gasteiger partial charge on any atom is -0.493 e. The van der Waals surface area contributed by atoms with Gasteiger partial charge in [-0.3, -0.25) is 9.69 Å². The van der Waals surface area contributed by atoms with Gasteiger partial charge in [-0.2, -0.15) is 0 Å². The first kappa shape index (κ1) is 21.8. The van der Waals surface area contributed by atoms with Crippen molar-refractivity contribution in [1.82, 2.24) is 0 Å². The molecule has 160 valence electrons. The van der Waals surface area contributed by atoms with Gasteiger partial charge in [-0.15, -0.1) is 0 Å². The van der Waals surface area contributed by atoms with E-state index in [9.17, 15) is 14.7 Å². The molecule has 0 fully saturated rings. The van der Waals surface area contributed by atoms with E-state index in [0.717, 1.165) is 11.1 Å². The van der Waals surface area contributed by atoms with E-state index in [4.69, 9.17) is 21.1 Å². The summed E-state index contributed by atoms with van der Waals surface area (Å²) in [6.07, 6.45) is -0.482. The molecule has 7 nitrogen and oxygen atoms in total. The molecular weight excluding hydrogens is 408 g/mol. The molecule has 2 amide bonds. The first-order valence-corrected chi connectivity index (χ1v) is 9.98. The molecule has 0 bridgehead atoms. The second kappa shape index (κ2) is 8.44. The number of aryl methyl sites for hydroxylation is 2. The van der Waals surface area contributed by atoms with E-state index in [1.807, 2.05) is 32.9 Å². The van der Waals surface area contributed by atoms with Crippen LogP contribution in [0.1, 0.15) is 34.8 Å². The van der Waals surface area contributed by atoms with Gasteiger partial charge in [-0.25, -0.2) is 4.79 Å². The van der Waals surface area contributed by atoms with Crippen LogP contribution in [0.25, 0.3) is 0 Å². The van der Waals surface area contributed by atoms with Crippen LogP contribution in [0.4, 0.5) is 16.2 Å². The average Bonchev–Trinajstić information content (AvgIpc) is 2.72. The Morgan fingerprint density at radius 1 is 1.13 bits per heavy atom. The Morgan fingerprint density at radius 2 is 1.77 bits per heavy atom. The molecule has 1 aliphatic rings. The molecule has 0 saturated carbocycles. The summed E-state index contributed by atoms with van der Waals surface area (Å²) in [4.78, 5) is 28.5. The number of hydrogen-bond acceptors (Lipinski definition) is 4. The lowest BCUT2D eigenvalue weighted by atomic mass is 9.99. The molecule has 3 rings (SSSR count). The Hall–Kier alpha value is -2.93. The number of carbonyl (C=O) groups is 2. The summed E-state index contributed by atoms with van der Waals surface area (Å²) in [5, 5.41) is 9.98. The molecule has 0 saturated heterocycles. The number of amides is 2. The zero-order chi connectivity index (χ0) is 22.2. The minimum absolute atomic E-state index is 0.154. The lowest BCUT2D eigenvalue weighted by Crippen LogP contribution is -2.52. The maximum atomic E-state index is 13.6. The van der Waals surface area contributed by atoms with Crippen LogP contribution in [-0.2, 0) is 0 Å². The molecule has 1 aliphatic heterocycles. The lowest BCUT2D eigenvalue weighted by Gasteiger charge is -2.41. The molecule has 0 spiro atoms. The number of hydrogen-bond donors (Lipinski definition) is 1. The van der Waals surface area contributed by atoms with Crippen molar-refractivity contribution in [3.8, 4) is 11.5 Å². The van der Waals surface area contributed by atoms with Crippen LogP contribution < -0.4 is 19.3 Å². The van der Waals surface area contributed by atoms with Crippen LogP contribution in [0.3, 0.4) is 0 Å². The standard InChI is InChI=1S/C22H25ClN2O5/c1-6-14-11-24(16-9-12(2)13(3)10-17(16)25(14)22(27)28)21(26)15-7-8-18(29-4)20(30-5)19(15)23/h7-10,14H,6,11H2,1-5H3,(H,27,28). The summed E-state index contributed by atoms with van der Waals surface area (Å²) < 4.78 is 10.6. The van der Waals surface area contributed by atoms with E-state index in [1.165, 1.54) is 19.1 Å². The third-order valence-corrected chi connectivity index (χ3v) is 5.91. The molecule has 1 atom stereocenters. The molecule has 8 heteroatoms. The number of fused-ring (bicyclic) bond motifs is 1. The first-order chi connectivity index (χ1) is 14.2. The quantitative estimate of drug-likeness (QED) is 0.743. The molecule has 0 radical (unpaired) electrons. The number of methoxy groups -OCH3 is 2. The van der Waals surface area contributed by atoms with Crippen molar-refractivity contribution in [2.24, 2.45) is 0 Å². The number of anilines is 2. The highest BCUT2D eigenvalue weighted by atomic mass is 35.5. The topological polar surface area (TPSA) is 79.3 Å². The first-order valence-electron chi connectivity index (χ1n) is 9.60. The van der Waals surface area contributed by atoms with Gasteiger partial charge in [-0.05, 0) is 55.7 Å². The van der Waals surface area contributed by atoms with E-state index < -0.39 is 6.09 Å². The molecule has 1 N–H and O–H groups in total. The zero-order valence-electron chi connectivity index (χ0n) is 17.7. The Labute approximate surface area is 180 Å². The fraction of sp³-hybridized carbons (Fsp3) is 0.364. The number of rotatable bonds is 4. The Kier molecular flexibility index (Phi) is 6.12. The van der Waals surface area contributed by atoms with Crippen molar-refractivity contribution in [2.45, 2.75) is 33.2 Å². The predicted octanol–water partition coefficient (Wildman–Crippen LogP) is 4.90. The van der Waals surface area contributed by atoms with E-state index in [0.29, 0.717) is 23.5 Å². The predicted molar refractivity (Wildman–Crippen MR) is 117 cm³/mol. The Bertz CT molecular complexity index is 1010. The van der Waals surface area contributed by atoms with Crippen molar-refractivity contribution in [1.29, 1.82) is 0 Å². The molecule has 2 aromatic rings. The smallest absolute Gasteiger partial charge is 0.412 e. The van der Waals surface area contributed by atoms with Crippen LogP contribution in [0.15, 0.2) is 24.3 Å². The van der Waals surface area contributed by atoms with Gasteiger partial charge in [-0.1, -0.05) is 18.5 Å². The Balaban J connectivity index is 2.17. The van der Waals surface area contributed by atoms with Crippen molar-refractivity contribution in [2.75, 3.05) is 30.6 Å². The van der Waals surface area contributed by atoms with E-state index >= 15 is 0 Å². The fourth-order valence-electron chi connectivity index (χ4n) is 3.75. The van der Waals surface area contributed by atoms with E-state index in [2.05, 4.69) is 0 Å². The highest BCUT2D eigenvalue weighted by molar-refractivity contribution is 6.36. The minimum atomic E-state index is -1.04. The van der Waals surface area contributed by atoms with Gasteiger partial charge in [0, 0.05) is 6.54 Å². The van der Waals surface area contributed by atoms with Crippen molar-refractivity contribution in [3.05, 3.63) is 46.0 Å². The monoisotopic (exact) mass is 432 g/mol. The van der Waals surface area contributed by atoms with Gasteiger partial charge in [0.15, 0.2) is 11.5 Å². The van der Waals surface area contributed by atoms with Gasteiger partial charge in [0.1, 0.15) is 0 Å². The van der Waals surface area contributed by atoms with Crippen LogP contribution in [0, 0.1) is 13.8 Å². The molecule has 1 unspecified atom stereocenters. The van der Waals surface area contributed by atoms with E-state index in [-0.39, 0.29) is 34.8 Å². The van der Waals surface area contributed by atoms with Crippen LogP contribution in [-0.4, -0.2) is 43.9 Å². The number of carbonyl (C=O) groups excluding carboxylic acids is 1. The second-order valence-electron chi connectivity index (χ2n) is 7.22. The molecule has 2 aromatic carbocycles. The van der Waals surface area contributed by atoms with Gasteiger partial charge < -0.3 is 19.5 Å². The summed E-state index contributed by atoms with van der Waals surface area (Å²) in [5.41, 5.74) is 3.21. The zero-order valence-corrected chi connectivity index (χ0v) is 18.4. The van der Waals surface area contributed by atoms with Gasteiger partial charge in [0.25, 0.3) is 5.91 Å². The summed E-state index contributed by atoms with van der Waals surface area (Å²) in [6.45, 7) is 5.97. The SMILES string of the molecule is CCC1CN(C(=O)c2ccc(OC)c(OC)c2Cl)c2cc(C)c(C)cc2N1C(=O)O. The molecule has 0 aliphatic carbocycles. The maximum Gasteiger partial charge on any atom is 0.412 e. The van der Waals surface area contributed by atoms with E-state index in [1.54, 1.807) is 17.0 Å². The third kappa shape index (κ3) is 3.54. The van der Waals surface area contributed by atoms with Crippen molar-refractivity contribution in [3.63, 3.8) is 0 Å². The number of carboxylic acid groups (broad SMARTS) is 1. The van der Waals surface area contributed by atoms with Crippen LogP contribution in [0.5, 0.6) is 11.5 Å². The summed E-state index contributed by atoms with van der Waals surface area (Å²) in [5.74, 6) is 0.378. The van der Waals surface area contributed by atoms with Crippen molar-refractivity contribution >= 4 is 35.0 Å². The highest BCUT2D eigenvalue weighted by Crippen LogP contribution is 2.42. The number of nitrogens with zero attached hydrogens (tertiary/aromatic N) is 2. The second-order valence-corrected chi connectivity index (χ2v) is 7.60. The molecular formula is C22H25ClN2O5. The number of benzene rings is 2. The van der Waals surface area contributed by atoms with Gasteiger partial charge in [0.05, 0.1) is 42.2 Å². The van der Waals surface area contributed by atoms with Gasteiger partial charge in [0.2, 0.25) is 0 Å². The highest BCUT2D eigenvalue weighted by Gasteiger charge is 2.37. The fourth-order valence-corrected chi connectivity index (χ4v) is 4.06. The normalized spacial score (nSPS) is 15.6. The summed E-state index contributed by atoms with van der Waals surface area (Å²) in [7, 11) is 2.95. The summed E-state index contributed by atoms with van der Waals surface area (Å²) in [6, 6.07) is 6.51. The largest absolute Gasteiger partial charge is 0.493 e. The molecule has 30 heavy (non-hydrogen) atoms. The van der Waals surface area contributed by atoms with Crippen LogP contribution in [0.2, 0.25) is 5.02 Å². The number of halogens is 1. The lowest BCUT2D eigenvalue weighted by molar-refractivity contribution is 0.0982. The van der Waals surface area contributed by atoms with Gasteiger partial charge >= 0.3 is 6.09 Å². The maximum absolute atomic E-state index is 13.6. The third-order valence-electron chi connectivity index (χ3n) is 5.54. The van der Waals surface area contributed by atoms with Crippen LogP contribution >= 0.6 is 11.6 Å². The van der Waals surface area contributed by atoms with Crippen molar-refractivity contribution < 1.29 is 24.2 Å².